The molecule has 0 aliphatic heterocycles. The van der Waals surface area contributed by atoms with Crippen LogP contribution in [0.2, 0.25) is 0 Å². The van der Waals surface area contributed by atoms with Gasteiger partial charge in [-0.15, -0.1) is 0 Å². The van der Waals surface area contributed by atoms with Crippen molar-refractivity contribution in [1.82, 2.24) is 4.57 Å². The molecule has 0 bridgehead atoms. The maximum Gasteiger partial charge on any atom is 0.222 e. The normalized spacial score (nSPS) is 12.0. The van der Waals surface area contributed by atoms with Crippen LogP contribution in [-0.2, 0) is 16.9 Å². The molecule has 0 fully saturated rings. The van der Waals surface area contributed by atoms with Crippen molar-refractivity contribution in [3.63, 3.8) is 0 Å². The summed E-state index contributed by atoms with van der Waals surface area (Å²) in [5, 5.41) is 0.261. The fourth-order valence-corrected chi connectivity index (χ4v) is 4.44. The third kappa shape index (κ3) is 3.85. The zero-order chi connectivity index (χ0) is 19.4. The Labute approximate surface area is 160 Å². The molecule has 3 rings (SSSR count). The molecule has 27 heavy (non-hydrogen) atoms. The van der Waals surface area contributed by atoms with E-state index < -0.39 is 9.84 Å². The van der Waals surface area contributed by atoms with Gasteiger partial charge in [0.1, 0.15) is 10.8 Å². The van der Waals surface area contributed by atoms with Crippen molar-refractivity contribution in [2.24, 2.45) is 7.05 Å². The lowest BCUT2D eigenvalue weighted by molar-refractivity contribution is 0.541. The first-order chi connectivity index (χ1) is 13.0. The van der Waals surface area contributed by atoms with E-state index in [9.17, 15) is 8.42 Å². The van der Waals surface area contributed by atoms with E-state index in [1.54, 1.807) is 54.1 Å². The highest BCUT2D eigenvalue weighted by molar-refractivity contribution is 7.91. The van der Waals surface area contributed by atoms with Gasteiger partial charge in [0, 0.05) is 31.9 Å². The number of rotatable bonds is 7. The van der Waals surface area contributed by atoms with Gasteiger partial charge in [0.2, 0.25) is 9.84 Å². The van der Waals surface area contributed by atoms with E-state index in [1.165, 1.54) is 0 Å². The molecule has 6 heteroatoms. The molecule has 0 amide bonds. The fourth-order valence-electron chi connectivity index (χ4n) is 2.97. The van der Waals surface area contributed by atoms with Crippen molar-refractivity contribution < 1.29 is 12.8 Å². The SMILES string of the molecule is CCN(CC)c1ccc(/C=C/c2ccc(S(=O)(=O)c3ccccc3)n2C)o1. The second-order valence-corrected chi connectivity index (χ2v) is 8.05. The molecule has 142 valence electrons. The average Bonchev–Trinajstić information content (AvgIpc) is 3.29. The van der Waals surface area contributed by atoms with Gasteiger partial charge in [-0.05, 0) is 56.3 Å². The van der Waals surface area contributed by atoms with Gasteiger partial charge in [-0.2, -0.15) is 0 Å². The first-order valence-electron chi connectivity index (χ1n) is 8.96. The molecular formula is C21H24N2O3S. The lowest BCUT2D eigenvalue weighted by Gasteiger charge is -2.16. The highest BCUT2D eigenvalue weighted by Gasteiger charge is 2.21. The summed E-state index contributed by atoms with van der Waals surface area (Å²) >= 11 is 0. The second-order valence-electron chi connectivity index (χ2n) is 6.15. The van der Waals surface area contributed by atoms with E-state index in [1.807, 2.05) is 24.3 Å². The maximum absolute atomic E-state index is 12.8. The Balaban J connectivity index is 1.85. The molecule has 0 atom stereocenters. The molecule has 3 aromatic rings. The summed E-state index contributed by atoms with van der Waals surface area (Å²) in [5.74, 6) is 1.56. The number of hydrogen-bond acceptors (Lipinski definition) is 4. The first kappa shape index (κ1) is 19.0. The fraction of sp³-hybridized carbons (Fsp3) is 0.238. The Hall–Kier alpha value is -2.73. The van der Waals surface area contributed by atoms with Gasteiger partial charge in [0.25, 0.3) is 0 Å². The molecule has 0 saturated heterocycles. The minimum Gasteiger partial charge on any atom is -0.441 e. The van der Waals surface area contributed by atoms with E-state index in [0.717, 1.165) is 30.4 Å². The molecule has 2 aromatic heterocycles. The highest BCUT2D eigenvalue weighted by atomic mass is 32.2. The standard InChI is InChI=1S/C21H24N2O3S/c1-4-23(5-2)20-15-14-18(26-20)13-11-17-12-16-21(22(17)3)27(24,25)19-9-7-6-8-10-19/h6-16H,4-5H2,1-3H3/b13-11+. The molecule has 0 N–H and O–H groups in total. The summed E-state index contributed by atoms with van der Waals surface area (Å²) < 4.78 is 33.2. The van der Waals surface area contributed by atoms with Crippen molar-refractivity contribution in [1.29, 1.82) is 0 Å². The van der Waals surface area contributed by atoms with Crippen LogP contribution in [0.3, 0.4) is 0 Å². The number of sulfone groups is 1. The van der Waals surface area contributed by atoms with Crippen molar-refractivity contribution in [2.45, 2.75) is 23.8 Å². The van der Waals surface area contributed by atoms with Crippen LogP contribution in [0.1, 0.15) is 25.3 Å². The van der Waals surface area contributed by atoms with Crippen LogP contribution in [-0.4, -0.2) is 26.1 Å². The number of benzene rings is 1. The van der Waals surface area contributed by atoms with Crippen LogP contribution in [0.5, 0.6) is 0 Å². The van der Waals surface area contributed by atoms with E-state index >= 15 is 0 Å². The van der Waals surface area contributed by atoms with Crippen molar-refractivity contribution in [3.05, 3.63) is 66.1 Å². The lowest BCUT2D eigenvalue weighted by atomic mass is 10.3. The largest absolute Gasteiger partial charge is 0.441 e. The number of hydrogen-bond donors (Lipinski definition) is 0. The number of aromatic nitrogens is 1. The number of furan rings is 1. The third-order valence-corrected chi connectivity index (χ3v) is 6.40. The van der Waals surface area contributed by atoms with Gasteiger partial charge in [-0.1, -0.05) is 18.2 Å². The first-order valence-corrected chi connectivity index (χ1v) is 10.4. The Morgan fingerprint density at radius 2 is 1.67 bits per heavy atom. The van der Waals surface area contributed by atoms with Crippen molar-refractivity contribution >= 4 is 27.9 Å². The third-order valence-electron chi connectivity index (χ3n) is 4.55. The molecule has 5 nitrogen and oxygen atoms in total. The van der Waals surface area contributed by atoms with Gasteiger partial charge in [-0.25, -0.2) is 8.42 Å². The predicted molar refractivity (Wildman–Crippen MR) is 109 cm³/mol. The topological polar surface area (TPSA) is 55.5 Å². The van der Waals surface area contributed by atoms with Gasteiger partial charge >= 0.3 is 0 Å². The predicted octanol–water partition coefficient (Wildman–Crippen LogP) is 4.47. The summed E-state index contributed by atoms with van der Waals surface area (Å²) in [7, 11) is -1.80. The Morgan fingerprint density at radius 3 is 2.33 bits per heavy atom. The zero-order valence-corrected chi connectivity index (χ0v) is 16.6. The van der Waals surface area contributed by atoms with Crippen LogP contribution in [0.15, 0.2) is 68.9 Å². The van der Waals surface area contributed by atoms with E-state index in [0.29, 0.717) is 0 Å². The Bertz CT molecular complexity index is 1030. The van der Waals surface area contributed by atoms with Crippen LogP contribution in [0.4, 0.5) is 5.88 Å². The smallest absolute Gasteiger partial charge is 0.222 e. The quantitative estimate of drug-likeness (QED) is 0.603. The molecule has 0 unspecified atom stereocenters. The van der Waals surface area contributed by atoms with Gasteiger partial charge < -0.3 is 13.9 Å². The molecular weight excluding hydrogens is 360 g/mol. The zero-order valence-electron chi connectivity index (χ0n) is 15.8. The van der Waals surface area contributed by atoms with E-state index in [4.69, 9.17) is 4.42 Å². The van der Waals surface area contributed by atoms with Crippen LogP contribution in [0.25, 0.3) is 12.2 Å². The number of anilines is 1. The Kier molecular flexibility index (Phi) is 5.56. The summed E-state index contributed by atoms with van der Waals surface area (Å²) in [6.45, 7) is 5.93. The minimum atomic E-state index is -3.55. The van der Waals surface area contributed by atoms with Crippen molar-refractivity contribution in [2.75, 3.05) is 18.0 Å². The minimum absolute atomic E-state index is 0.261. The highest BCUT2D eigenvalue weighted by Crippen LogP contribution is 2.24. The monoisotopic (exact) mass is 384 g/mol. The van der Waals surface area contributed by atoms with Crippen LogP contribution < -0.4 is 4.90 Å². The molecule has 0 aliphatic carbocycles. The Morgan fingerprint density at radius 1 is 0.963 bits per heavy atom. The van der Waals surface area contributed by atoms with Crippen LogP contribution in [0, 0.1) is 0 Å². The molecule has 2 heterocycles. The summed E-state index contributed by atoms with van der Waals surface area (Å²) in [4.78, 5) is 2.42. The molecule has 0 saturated carbocycles. The molecule has 1 aromatic carbocycles. The van der Waals surface area contributed by atoms with Crippen LogP contribution >= 0.6 is 0 Å². The second kappa shape index (κ2) is 7.88. The summed E-state index contributed by atoms with van der Waals surface area (Å²) in [6.07, 6.45) is 3.70. The molecule has 0 aliphatic rings. The number of nitrogens with zero attached hydrogens (tertiary/aromatic N) is 2. The molecule has 0 radical (unpaired) electrons. The van der Waals surface area contributed by atoms with Gasteiger partial charge in [-0.3, -0.25) is 0 Å². The van der Waals surface area contributed by atoms with E-state index in [2.05, 4.69) is 18.7 Å². The average molecular weight is 385 g/mol. The van der Waals surface area contributed by atoms with E-state index in [-0.39, 0.29) is 9.92 Å². The maximum atomic E-state index is 12.8. The summed E-state index contributed by atoms with van der Waals surface area (Å²) in [6, 6.07) is 15.7. The van der Waals surface area contributed by atoms with Gasteiger partial charge in [0.15, 0.2) is 5.88 Å². The summed E-state index contributed by atoms with van der Waals surface area (Å²) in [5.41, 5.74) is 0.783. The lowest BCUT2D eigenvalue weighted by Crippen LogP contribution is -2.20. The van der Waals surface area contributed by atoms with Gasteiger partial charge in [0.05, 0.1) is 4.90 Å². The van der Waals surface area contributed by atoms with Crippen molar-refractivity contribution in [3.8, 4) is 0 Å². The molecule has 0 spiro atoms.